The smallest absolute Gasteiger partial charge is 0.0840 e. The molecule has 2 aromatic rings. The van der Waals surface area contributed by atoms with Gasteiger partial charge in [-0.15, -0.1) is 0 Å². The van der Waals surface area contributed by atoms with Crippen LogP contribution in [0.2, 0.25) is 0 Å². The number of rotatable bonds is 7. The molecule has 0 aliphatic heterocycles. The van der Waals surface area contributed by atoms with Gasteiger partial charge in [0.2, 0.25) is 0 Å². The summed E-state index contributed by atoms with van der Waals surface area (Å²) in [6.45, 7) is 6.84. The van der Waals surface area contributed by atoms with Crippen LogP contribution >= 0.6 is 0 Å². The number of nitrogens with zero attached hydrogens (tertiary/aromatic N) is 2. The average Bonchev–Trinajstić information content (AvgIpc) is 2.87. The van der Waals surface area contributed by atoms with E-state index in [2.05, 4.69) is 60.3 Å². The molecule has 4 nitrogen and oxygen atoms in total. The first-order valence-electron chi connectivity index (χ1n) is 7.60. The van der Waals surface area contributed by atoms with Crippen molar-refractivity contribution in [1.29, 1.82) is 0 Å². The maximum atomic E-state index is 5.59. The maximum absolute atomic E-state index is 5.59. The Morgan fingerprint density at radius 3 is 2.57 bits per heavy atom. The van der Waals surface area contributed by atoms with E-state index >= 15 is 0 Å². The van der Waals surface area contributed by atoms with Crippen LogP contribution in [0.15, 0.2) is 30.5 Å². The topological polar surface area (TPSA) is 57.9 Å². The van der Waals surface area contributed by atoms with Gasteiger partial charge in [-0.25, -0.2) is 0 Å². The van der Waals surface area contributed by atoms with Crippen molar-refractivity contribution >= 4 is 0 Å². The molecule has 0 unspecified atom stereocenters. The Labute approximate surface area is 127 Å². The molecule has 2 rings (SSSR count). The lowest BCUT2D eigenvalue weighted by Gasteiger charge is -2.14. The van der Waals surface area contributed by atoms with Crippen molar-refractivity contribution in [2.45, 2.75) is 26.8 Å². The van der Waals surface area contributed by atoms with Gasteiger partial charge in [0.05, 0.1) is 5.69 Å². The molecule has 21 heavy (non-hydrogen) atoms. The Morgan fingerprint density at radius 1 is 1.24 bits per heavy atom. The average molecular weight is 286 g/mol. The molecule has 0 radical (unpaired) electrons. The molecule has 3 N–H and O–H groups in total. The zero-order valence-electron chi connectivity index (χ0n) is 13.3. The molecule has 1 aromatic carbocycles. The van der Waals surface area contributed by atoms with E-state index in [0.29, 0.717) is 12.5 Å². The molecule has 1 heterocycles. The van der Waals surface area contributed by atoms with Gasteiger partial charge in [-0.3, -0.25) is 10.00 Å². The van der Waals surface area contributed by atoms with Crippen LogP contribution in [-0.4, -0.2) is 35.2 Å². The molecular formula is C17H26N4. The van der Waals surface area contributed by atoms with Crippen molar-refractivity contribution in [3.8, 4) is 11.1 Å². The number of nitrogens with one attached hydrogen (secondary N) is 1. The number of benzene rings is 1. The highest BCUT2D eigenvalue weighted by molar-refractivity contribution is 5.65. The van der Waals surface area contributed by atoms with E-state index in [0.717, 1.165) is 25.2 Å². The number of H-pyrrole nitrogens is 1. The van der Waals surface area contributed by atoms with Crippen molar-refractivity contribution in [3.05, 3.63) is 41.7 Å². The SMILES string of the molecule is CC(C)Cc1ccc(-c2c[nH]nc2CN(C)CCN)cc1. The number of likely N-dealkylation sites (N-methyl/N-ethyl adjacent to an activating group) is 1. The van der Waals surface area contributed by atoms with Crippen LogP contribution in [0.4, 0.5) is 0 Å². The van der Waals surface area contributed by atoms with Crippen LogP contribution < -0.4 is 5.73 Å². The Kier molecular flexibility index (Phi) is 5.53. The predicted molar refractivity (Wildman–Crippen MR) is 88.0 cm³/mol. The Hall–Kier alpha value is -1.65. The minimum absolute atomic E-state index is 0.667. The Bertz CT molecular complexity index is 542. The predicted octanol–water partition coefficient (Wildman–Crippen LogP) is 2.67. The highest BCUT2D eigenvalue weighted by Crippen LogP contribution is 2.23. The van der Waals surface area contributed by atoms with Gasteiger partial charge in [0.1, 0.15) is 0 Å². The van der Waals surface area contributed by atoms with Gasteiger partial charge in [-0.2, -0.15) is 5.10 Å². The summed E-state index contributed by atoms with van der Waals surface area (Å²) in [5, 5.41) is 7.36. The quantitative estimate of drug-likeness (QED) is 0.822. The second kappa shape index (κ2) is 7.38. The van der Waals surface area contributed by atoms with E-state index in [1.165, 1.54) is 16.7 Å². The lowest BCUT2D eigenvalue weighted by atomic mass is 9.99. The molecule has 0 aliphatic rings. The number of hydrogen-bond acceptors (Lipinski definition) is 3. The first-order chi connectivity index (χ1) is 10.1. The number of hydrogen-bond donors (Lipinski definition) is 2. The summed E-state index contributed by atoms with van der Waals surface area (Å²) in [7, 11) is 2.07. The lowest BCUT2D eigenvalue weighted by Crippen LogP contribution is -2.25. The van der Waals surface area contributed by atoms with Crippen LogP contribution in [0.25, 0.3) is 11.1 Å². The minimum atomic E-state index is 0.667. The molecule has 0 atom stereocenters. The molecule has 0 saturated heterocycles. The van der Waals surface area contributed by atoms with E-state index in [-0.39, 0.29) is 0 Å². The van der Waals surface area contributed by atoms with Crippen molar-refractivity contribution in [1.82, 2.24) is 15.1 Å². The fourth-order valence-electron chi connectivity index (χ4n) is 2.54. The first-order valence-corrected chi connectivity index (χ1v) is 7.60. The minimum Gasteiger partial charge on any atom is -0.329 e. The van der Waals surface area contributed by atoms with Gasteiger partial charge in [0.15, 0.2) is 0 Å². The molecule has 0 amide bonds. The molecule has 0 spiro atoms. The van der Waals surface area contributed by atoms with Gasteiger partial charge in [0, 0.05) is 31.4 Å². The lowest BCUT2D eigenvalue weighted by molar-refractivity contribution is 0.332. The monoisotopic (exact) mass is 286 g/mol. The number of aromatic nitrogens is 2. The summed E-state index contributed by atoms with van der Waals surface area (Å²) in [4.78, 5) is 2.19. The fourth-order valence-corrected chi connectivity index (χ4v) is 2.54. The molecule has 0 saturated carbocycles. The molecule has 0 aliphatic carbocycles. The molecule has 1 aromatic heterocycles. The zero-order valence-corrected chi connectivity index (χ0v) is 13.3. The van der Waals surface area contributed by atoms with Crippen molar-refractivity contribution in [2.75, 3.05) is 20.1 Å². The van der Waals surface area contributed by atoms with Gasteiger partial charge < -0.3 is 5.73 Å². The van der Waals surface area contributed by atoms with E-state index in [1.54, 1.807) is 0 Å². The third-order valence-electron chi connectivity index (χ3n) is 3.56. The molecular weight excluding hydrogens is 260 g/mol. The summed E-state index contributed by atoms with van der Waals surface area (Å²) >= 11 is 0. The Balaban J connectivity index is 2.13. The standard InChI is InChI=1S/C17H26N4/c1-13(2)10-14-4-6-15(7-5-14)16-11-19-20-17(16)12-21(3)9-8-18/h4-7,11,13H,8-10,12,18H2,1-3H3,(H,19,20). The van der Waals surface area contributed by atoms with Crippen molar-refractivity contribution < 1.29 is 0 Å². The largest absolute Gasteiger partial charge is 0.329 e. The fraction of sp³-hybridized carbons (Fsp3) is 0.471. The van der Waals surface area contributed by atoms with E-state index < -0.39 is 0 Å². The van der Waals surface area contributed by atoms with Crippen LogP contribution in [0.1, 0.15) is 25.1 Å². The van der Waals surface area contributed by atoms with Crippen molar-refractivity contribution in [2.24, 2.45) is 11.7 Å². The maximum Gasteiger partial charge on any atom is 0.0840 e. The van der Waals surface area contributed by atoms with Crippen LogP contribution in [0, 0.1) is 5.92 Å². The first kappa shape index (κ1) is 15.7. The number of nitrogens with two attached hydrogens (primary N) is 1. The molecule has 0 fully saturated rings. The zero-order chi connectivity index (χ0) is 15.2. The molecule has 114 valence electrons. The summed E-state index contributed by atoms with van der Waals surface area (Å²) in [5.41, 5.74) is 10.4. The highest BCUT2D eigenvalue weighted by Gasteiger charge is 2.10. The van der Waals surface area contributed by atoms with E-state index in [1.807, 2.05) is 6.20 Å². The summed E-state index contributed by atoms with van der Waals surface area (Å²) in [6, 6.07) is 8.81. The van der Waals surface area contributed by atoms with Crippen molar-refractivity contribution in [3.63, 3.8) is 0 Å². The number of aromatic amines is 1. The van der Waals surface area contributed by atoms with Crippen LogP contribution in [0.3, 0.4) is 0 Å². The summed E-state index contributed by atoms with van der Waals surface area (Å²) in [5.74, 6) is 0.685. The van der Waals surface area contributed by atoms with E-state index in [9.17, 15) is 0 Å². The molecule has 0 bridgehead atoms. The molecule has 4 heteroatoms. The third-order valence-corrected chi connectivity index (χ3v) is 3.56. The highest BCUT2D eigenvalue weighted by atomic mass is 15.2. The Morgan fingerprint density at radius 2 is 1.95 bits per heavy atom. The van der Waals surface area contributed by atoms with E-state index in [4.69, 9.17) is 5.73 Å². The van der Waals surface area contributed by atoms with Gasteiger partial charge >= 0.3 is 0 Å². The normalized spacial score (nSPS) is 11.5. The second-order valence-electron chi connectivity index (χ2n) is 6.07. The van der Waals surface area contributed by atoms with Gasteiger partial charge in [0.25, 0.3) is 0 Å². The summed E-state index contributed by atoms with van der Waals surface area (Å²) in [6.07, 6.45) is 3.10. The third kappa shape index (κ3) is 4.41. The second-order valence-corrected chi connectivity index (χ2v) is 6.07. The van der Waals surface area contributed by atoms with Crippen LogP contribution in [-0.2, 0) is 13.0 Å². The summed E-state index contributed by atoms with van der Waals surface area (Å²) < 4.78 is 0. The van der Waals surface area contributed by atoms with Gasteiger partial charge in [-0.1, -0.05) is 38.1 Å². The van der Waals surface area contributed by atoms with Crippen LogP contribution in [0.5, 0.6) is 0 Å². The van der Waals surface area contributed by atoms with Gasteiger partial charge in [-0.05, 0) is 30.5 Å².